The van der Waals surface area contributed by atoms with Gasteiger partial charge < -0.3 is 10.8 Å². The summed E-state index contributed by atoms with van der Waals surface area (Å²) in [5.41, 5.74) is 6.91. The second-order valence-corrected chi connectivity index (χ2v) is 4.96. The van der Waals surface area contributed by atoms with E-state index < -0.39 is 5.60 Å². The molecule has 1 aromatic rings. The van der Waals surface area contributed by atoms with Crippen molar-refractivity contribution in [1.29, 1.82) is 0 Å². The predicted octanol–water partition coefficient (Wildman–Crippen LogP) is 1.50. The molecule has 1 aliphatic carbocycles. The SMILES string of the molecule is Cn1nc(C(C)(C)O)c(C2CCC2)c1N. The first-order valence-electron chi connectivity index (χ1n) is 5.46. The first-order valence-corrected chi connectivity index (χ1v) is 5.46. The molecule has 15 heavy (non-hydrogen) atoms. The monoisotopic (exact) mass is 209 g/mol. The maximum absolute atomic E-state index is 10.0. The first kappa shape index (κ1) is 10.5. The van der Waals surface area contributed by atoms with Crippen molar-refractivity contribution in [2.24, 2.45) is 7.05 Å². The summed E-state index contributed by atoms with van der Waals surface area (Å²) in [5, 5.41) is 14.4. The number of nitrogens with two attached hydrogens (primary N) is 1. The van der Waals surface area contributed by atoms with Crippen molar-refractivity contribution >= 4 is 5.82 Å². The maximum atomic E-state index is 10.0. The van der Waals surface area contributed by atoms with Crippen LogP contribution >= 0.6 is 0 Å². The highest BCUT2D eigenvalue weighted by molar-refractivity contribution is 5.48. The number of aromatic nitrogens is 2. The highest BCUT2D eigenvalue weighted by Crippen LogP contribution is 2.43. The van der Waals surface area contributed by atoms with Crippen molar-refractivity contribution < 1.29 is 5.11 Å². The molecule has 0 bridgehead atoms. The fraction of sp³-hybridized carbons (Fsp3) is 0.727. The Hall–Kier alpha value is -1.03. The summed E-state index contributed by atoms with van der Waals surface area (Å²) in [7, 11) is 1.83. The lowest BCUT2D eigenvalue weighted by molar-refractivity contribution is 0.0713. The molecule has 0 radical (unpaired) electrons. The van der Waals surface area contributed by atoms with Crippen molar-refractivity contribution in [2.45, 2.75) is 44.6 Å². The number of aryl methyl sites for hydroxylation is 1. The third-order valence-corrected chi connectivity index (χ3v) is 3.22. The zero-order chi connectivity index (χ0) is 11.2. The minimum atomic E-state index is -0.902. The van der Waals surface area contributed by atoms with E-state index in [0.717, 1.165) is 11.3 Å². The Morgan fingerprint density at radius 2 is 2.07 bits per heavy atom. The van der Waals surface area contributed by atoms with Gasteiger partial charge in [-0.2, -0.15) is 5.10 Å². The number of rotatable bonds is 2. The topological polar surface area (TPSA) is 64.1 Å². The average molecular weight is 209 g/mol. The Kier molecular flexibility index (Phi) is 2.26. The van der Waals surface area contributed by atoms with Crippen LogP contribution in [0.25, 0.3) is 0 Å². The van der Waals surface area contributed by atoms with E-state index in [1.54, 1.807) is 18.5 Å². The van der Waals surface area contributed by atoms with Gasteiger partial charge in [0.05, 0.1) is 5.69 Å². The van der Waals surface area contributed by atoms with Crippen LogP contribution in [-0.4, -0.2) is 14.9 Å². The Balaban J connectivity index is 2.49. The average Bonchev–Trinajstić information content (AvgIpc) is 2.28. The maximum Gasteiger partial charge on any atom is 0.125 e. The van der Waals surface area contributed by atoms with Crippen molar-refractivity contribution in [1.82, 2.24) is 9.78 Å². The summed E-state index contributed by atoms with van der Waals surface area (Å²) in [6, 6.07) is 0. The minimum Gasteiger partial charge on any atom is -0.384 e. The van der Waals surface area contributed by atoms with Crippen molar-refractivity contribution in [2.75, 3.05) is 5.73 Å². The number of hydrogen-bond donors (Lipinski definition) is 2. The van der Waals surface area contributed by atoms with Gasteiger partial charge in [-0.15, -0.1) is 0 Å². The standard InChI is InChI=1S/C11H19N3O/c1-11(2,15)9-8(7-5-4-6-7)10(12)14(3)13-9/h7,15H,4-6,12H2,1-3H3. The summed E-state index contributed by atoms with van der Waals surface area (Å²) in [5.74, 6) is 1.21. The molecule has 1 saturated carbocycles. The van der Waals surface area contributed by atoms with Crippen LogP contribution in [0, 0.1) is 0 Å². The molecule has 4 nitrogen and oxygen atoms in total. The summed E-state index contributed by atoms with van der Waals surface area (Å²) in [6.45, 7) is 3.52. The van der Waals surface area contributed by atoms with Crippen molar-refractivity contribution in [3.8, 4) is 0 Å². The Bertz CT molecular complexity index is 372. The second-order valence-electron chi connectivity index (χ2n) is 4.96. The van der Waals surface area contributed by atoms with Crippen LogP contribution in [0.5, 0.6) is 0 Å². The van der Waals surface area contributed by atoms with Gasteiger partial charge in [-0.05, 0) is 32.6 Å². The van der Waals surface area contributed by atoms with Gasteiger partial charge in [0.1, 0.15) is 11.4 Å². The van der Waals surface area contributed by atoms with Crippen LogP contribution in [0.4, 0.5) is 5.82 Å². The van der Waals surface area contributed by atoms with E-state index in [1.165, 1.54) is 19.3 Å². The molecule has 1 aliphatic rings. The number of hydrogen-bond acceptors (Lipinski definition) is 3. The van der Waals surface area contributed by atoms with Gasteiger partial charge >= 0.3 is 0 Å². The second kappa shape index (κ2) is 3.23. The fourth-order valence-corrected chi connectivity index (χ4v) is 2.10. The third-order valence-electron chi connectivity index (χ3n) is 3.22. The lowest BCUT2D eigenvalue weighted by Crippen LogP contribution is -2.21. The van der Waals surface area contributed by atoms with E-state index in [2.05, 4.69) is 5.10 Å². The number of nitrogen functional groups attached to an aromatic ring is 1. The van der Waals surface area contributed by atoms with Gasteiger partial charge in [-0.25, -0.2) is 0 Å². The lowest BCUT2D eigenvalue weighted by Gasteiger charge is -2.28. The normalized spacial score (nSPS) is 17.9. The summed E-state index contributed by atoms with van der Waals surface area (Å²) >= 11 is 0. The smallest absolute Gasteiger partial charge is 0.125 e. The minimum absolute atomic E-state index is 0.500. The van der Waals surface area contributed by atoms with Gasteiger partial charge in [0.25, 0.3) is 0 Å². The molecule has 2 rings (SSSR count). The van der Waals surface area contributed by atoms with Crippen LogP contribution < -0.4 is 5.73 Å². The van der Waals surface area contributed by atoms with E-state index in [0.29, 0.717) is 11.7 Å². The highest BCUT2D eigenvalue weighted by Gasteiger charge is 2.33. The van der Waals surface area contributed by atoms with Gasteiger partial charge in [0.15, 0.2) is 0 Å². The number of nitrogens with zero attached hydrogens (tertiary/aromatic N) is 2. The van der Waals surface area contributed by atoms with Crippen LogP contribution in [0.1, 0.15) is 50.3 Å². The molecule has 0 saturated heterocycles. The molecule has 1 heterocycles. The lowest BCUT2D eigenvalue weighted by atomic mass is 9.78. The molecular formula is C11H19N3O. The number of anilines is 1. The molecule has 0 atom stereocenters. The summed E-state index contributed by atoms with van der Waals surface area (Å²) in [6.07, 6.45) is 3.59. The van der Waals surface area contributed by atoms with E-state index in [-0.39, 0.29) is 0 Å². The summed E-state index contributed by atoms with van der Waals surface area (Å²) in [4.78, 5) is 0. The molecule has 0 unspecified atom stereocenters. The predicted molar refractivity (Wildman–Crippen MR) is 59.5 cm³/mol. The van der Waals surface area contributed by atoms with E-state index in [9.17, 15) is 5.11 Å². The Labute approximate surface area is 90.1 Å². The fourth-order valence-electron chi connectivity index (χ4n) is 2.10. The van der Waals surface area contributed by atoms with Crippen LogP contribution in [0.15, 0.2) is 0 Å². The van der Waals surface area contributed by atoms with Crippen LogP contribution in [-0.2, 0) is 12.6 Å². The molecule has 84 valence electrons. The van der Waals surface area contributed by atoms with Gasteiger partial charge in [-0.1, -0.05) is 6.42 Å². The Morgan fingerprint density at radius 1 is 1.47 bits per heavy atom. The molecule has 4 heteroatoms. The highest BCUT2D eigenvalue weighted by atomic mass is 16.3. The van der Waals surface area contributed by atoms with Gasteiger partial charge in [-0.3, -0.25) is 4.68 Å². The molecule has 0 amide bonds. The van der Waals surface area contributed by atoms with Crippen molar-refractivity contribution in [3.63, 3.8) is 0 Å². The molecule has 3 N–H and O–H groups in total. The largest absolute Gasteiger partial charge is 0.384 e. The molecule has 1 aromatic heterocycles. The molecule has 0 spiro atoms. The number of aliphatic hydroxyl groups is 1. The zero-order valence-electron chi connectivity index (χ0n) is 9.62. The molecular weight excluding hydrogens is 190 g/mol. The summed E-state index contributed by atoms with van der Waals surface area (Å²) < 4.78 is 1.67. The quantitative estimate of drug-likeness (QED) is 0.775. The van der Waals surface area contributed by atoms with E-state index in [1.807, 2.05) is 7.05 Å². The van der Waals surface area contributed by atoms with E-state index >= 15 is 0 Å². The van der Waals surface area contributed by atoms with Gasteiger partial charge in [0, 0.05) is 12.6 Å². The van der Waals surface area contributed by atoms with Gasteiger partial charge in [0.2, 0.25) is 0 Å². The molecule has 1 fully saturated rings. The molecule has 0 aliphatic heterocycles. The van der Waals surface area contributed by atoms with E-state index in [4.69, 9.17) is 5.73 Å². The van der Waals surface area contributed by atoms with Crippen LogP contribution in [0.2, 0.25) is 0 Å². The van der Waals surface area contributed by atoms with Crippen LogP contribution in [0.3, 0.4) is 0 Å². The zero-order valence-corrected chi connectivity index (χ0v) is 9.62. The Morgan fingerprint density at radius 3 is 2.47 bits per heavy atom. The van der Waals surface area contributed by atoms with Crippen molar-refractivity contribution in [3.05, 3.63) is 11.3 Å². The first-order chi connectivity index (χ1) is 6.91. The molecule has 0 aromatic carbocycles. The third kappa shape index (κ3) is 1.63.